The summed E-state index contributed by atoms with van der Waals surface area (Å²) in [6.45, 7) is 16.0. The highest BCUT2D eigenvalue weighted by molar-refractivity contribution is 4.71. The van der Waals surface area contributed by atoms with E-state index in [1.807, 2.05) is 0 Å². The minimum absolute atomic E-state index is 1.15. The Bertz CT molecular complexity index is 92.9. The number of hydrogen-bond donors (Lipinski definition) is 0. The summed E-state index contributed by atoms with van der Waals surface area (Å²) in [7, 11) is 0. The Labute approximate surface area is 90.3 Å². The highest BCUT2D eigenvalue weighted by Crippen LogP contribution is 1.96. The third kappa shape index (κ3) is 6.39. The molecule has 0 aliphatic rings. The van der Waals surface area contributed by atoms with Crippen molar-refractivity contribution in [1.29, 1.82) is 0 Å². The molecule has 0 bridgehead atoms. The number of unbranched alkanes of at least 4 members (excludes halogenated alkanes) is 1. The van der Waals surface area contributed by atoms with Crippen molar-refractivity contribution in [3.63, 3.8) is 0 Å². The minimum atomic E-state index is 1.15. The van der Waals surface area contributed by atoms with Crippen molar-refractivity contribution < 1.29 is 0 Å². The van der Waals surface area contributed by atoms with Gasteiger partial charge in [-0.2, -0.15) is 0 Å². The Hall–Kier alpha value is -0.0800. The summed E-state index contributed by atoms with van der Waals surface area (Å²) in [4.78, 5) is 4.92. The molecule has 0 heterocycles. The van der Waals surface area contributed by atoms with Crippen LogP contribution in [0.5, 0.6) is 0 Å². The van der Waals surface area contributed by atoms with Gasteiger partial charge in [0.05, 0.1) is 0 Å². The van der Waals surface area contributed by atoms with Gasteiger partial charge in [0.25, 0.3) is 0 Å². The van der Waals surface area contributed by atoms with E-state index < -0.39 is 0 Å². The first kappa shape index (κ1) is 13.9. The van der Waals surface area contributed by atoms with E-state index in [2.05, 4.69) is 43.9 Å². The number of hydrogen-bond acceptors (Lipinski definition) is 2. The van der Waals surface area contributed by atoms with E-state index >= 15 is 0 Å². The maximum Gasteiger partial charge on any atom is 0.00130 e. The fraction of sp³-hybridized carbons (Fsp3) is 0.917. The average molecular weight is 199 g/mol. The Morgan fingerprint density at radius 2 is 1.29 bits per heavy atom. The van der Waals surface area contributed by atoms with E-state index in [4.69, 9.17) is 0 Å². The summed E-state index contributed by atoms with van der Waals surface area (Å²) in [5.41, 5.74) is 0. The van der Waals surface area contributed by atoms with Crippen molar-refractivity contribution in [2.75, 3.05) is 39.3 Å². The Kier molecular flexibility index (Phi) is 9.42. The van der Waals surface area contributed by atoms with Gasteiger partial charge >= 0.3 is 0 Å². The molecule has 0 aromatic heterocycles. The Balaban J connectivity index is 3.35. The largest absolute Gasteiger partial charge is 0.304 e. The number of nitrogens with zero attached hydrogens (tertiary/aromatic N) is 2. The van der Waals surface area contributed by atoms with Gasteiger partial charge in [-0.1, -0.05) is 27.7 Å². The van der Waals surface area contributed by atoms with Crippen LogP contribution in [-0.4, -0.2) is 49.1 Å². The first-order valence-electron chi connectivity index (χ1n) is 6.04. The van der Waals surface area contributed by atoms with Crippen LogP contribution in [0, 0.1) is 6.42 Å². The normalized spacial score (nSPS) is 11.6. The van der Waals surface area contributed by atoms with Gasteiger partial charge in [0.1, 0.15) is 0 Å². The zero-order valence-corrected chi connectivity index (χ0v) is 10.4. The first-order chi connectivity index (χ1) is 6.78. The van der Waals surface area contributed by atoms with E-state index in [9.17, 15) is 0 Å². The smallest absolute Gasteiger partial charge is 0.00130 e. The second-order valence-corrected chi connectivity index (χ2v) is 3.59. The van der Waals surface area contributed by atoms with Crippen LogP contribution in [-0.2, 0) is 0 Å². The van der Waals surface area contributed by atoms with Crippen molar-refractivity contribution in [3.05, 3.63) is 6.42 Å². The van der Waals surface area contributed by atoms with Crippen LogP contribution in [0.1, 0.15) is 34.1 Å². The number of rotatable bonds is 9. The third-order valence-electron chi connectivity index (χ3n) is 2.83. The average Bonchev–Trinajstić information content (AvgIpc) is 2.24. The second kappa shape index (κ2) is 9.47. The van der Waals surface area contributed by atoms with Gasteiger partial charge in [-0.25, -0.2) is 0 Å². The fourth-order valence-electron chi connectivity index (χ4n) is 1.57. The minimum Gasteiger partial charge on any atom is -0.304 e. The molecule has 2 heteroatoms. The van der Waals surface area contributed by atoms with E-state index in [1.54, 1.807) is 0 Å². The van der Waals surface area contributed by atoms with Crippen LogP contribution in [0.4, 0.5) is 0 Å². The molecule has 0 amide bonds. The fourth-order valence-corrected chi connectivity index (χ4v) is 1.57. The molecular formula is C12H27N2. The molecule has 0 fully saturated rings. The van der Waals surface area contributed by atoms with Crippen molar-refractivity contribution >= 4 is 0 Å². The summed E-state index contributed by atoms with van der Waals surface area (Å²) in [6, 6.07) is 0. The lowest BCUT2D eigenvalue weighted by Gasteiger charge is -2.20. The third-order valence-corrected chi connectivity index (χ3v) is 2.83. The monoisotopic (exact) mass is 199 g/mol. The van der Waals surface area contributed by atoms with Gasteiger partial charge < -0.3 is 9.80 Å². The summed E-state index contributed by atoms with van der Waals surface area (Å²) < 4.78 is 0. The summed E-state index contributed by atoms with van der Waals surface area (Å²) in [6.07, 6.45) is 3.63. The van der Waals surface area contributed by atoms with Crippen LogP contribution in [0.2, 0.25) is 0 Å². The van der Waals surface area contributed by atoms with Gasteiger partial charge in [-0.05, 0) is 45.6 Å². The van der Waals surface area contributed by atoms with Crippen molar-refractivity contribution in [2.45, 2.75) is 34.1 Å². The molecule has 2 nitrogen and oxygen atoms in total. The maximum atomic E-state index is 2.47. The molecule has 0 aromatic rings. The van der Waals surface area contributed by atoms with E-state index in [0.29, 0.717) is 0 Å². The predicted octanol–water partition coefficient (Wildman–Crippen LogP) is 2.26. The highest BCUT2D eigenvalue weighted by Gasteiger charge is 2.01. The molecule has 0 aliphatic heterocycles. The topological polar surface area (TPSA) is 6.48 Å². The van der Waals surface area contributed by atoms with Gasteiger partial charge in [-0.15, -0.1) is 0 Å². The van der Waals surface area contributed by atoms with Crippen LogP contribution >= 0.6 is 0 Å². The standard InChI is InChI=1S/C12H27N2/c1-5-13(6-2)11-9-10-12-14(7-3)8-4/h9H,5-8,10-12H2,1-4H3. The molecule has 0 aromatic carbocycles. The molecule has 1 radical (unpaired) electrons. The van der Waals surface area contributed by atoms with Crippen LogP contribution in [0.25, 0.3) is 0 Å². The van der Waals surface area contributed by atoms with Crippen molar-refractivity contribution in [1.82, 2.24) is 9.80 Å². The lowest BCUT2D eigenvalue weighted by molar-refractivity contribution is 0.291. The molecule has 0 saturated heterocycles. The zero-order valence-electron chi connectivity index (χ0n) is 10.4. The van der Waals surface area contributed by atoms with Gasteiger partial charge in [0.15, 0.2) is 0 Å². The summed E-state index contributed by atoms with van der Waals surface area (Å²) in [5.74, 6) is 0. The molecule has 0 atom stereocenters. The summed E-state index contributed by atoms with van der Waals surface area (Å²) >= 11 is 0. The second-order valence-electron chi connectivity index (χ2n) is 3.59. The Morgan fingerprint density at radius 3 is 1.71 bits per heavy atom. The molecule has 0 N–H and O–H groups in total. The molecule has 0 unspecified atom stereocenters. The quantitative estimate of drug-likeness (QED) is 0.526. The van der Waals surface area contributed by atoms with Gasteiger partial charge in [-0.3, -0.25) is 0 Å². The lowest BCUT2D eigenvalue weighted by Crippen LogP contribution is -2.27. The summed E-state index contributed by atoms with van der Waals surface area (Å²) in [5, 5.41) is 0. The SMILES string of the molecule is CCN(CC)C[CH]CCN(CC)CC. The molecule has 0 aliphatic carbocycles. The molecule has 0 rings (SSSR count). The molecule has 85 valence electrons. The highest BCUT2D eigenvalue weighted by atomic mass is 15.1. The van der Waals surface area contributed by atoms with Crippen LogP contribution in [0.3, 0.4) is 0 Å². The lowest BCUT2D eigenvalue weighted by atomic mass is 10.2. The molecule has 0 spiro atoms. The van der Waals surface area contributed by atoms with Crippen molar-refractivity contribution in [2.24, 2.45) is 0 Å². The van der Waals surface area contributed by atoms with E-state index in [1.165, 1.54) is 26.1 Å². The predicted molar refractivity (Wildman–Crippen MR) is 64.5 cm³/mol. The van der Waals surface area contributed by atoms with Gasteiger partial charge in [0, 0.05) is 6.54 Å². The van der Waals surface area contributed by atoms with Crippen molar-refractivity contribution in [3.8, 4) is 0 Å². The first-order valence-corrected chi connectivity index (χ1v) is 6.04. The van der Waals surface area contributed by atoms with Crippen LogP contribution < -0.4 is 0 Å². The van der Waals surface area contributed by atoms with Gasteiger partial charge in [0.2, 0.25) is 0 Å². The molecule has 14 heavy (non-hydrogen) atoms. The van der Waals surface area contributed by atoms with E-state index in [0.717, 1.165) is 19.6 Å². The zero-order chi connectivity index (χ0) is 10.8. The molecule has 0 saturated carbocycles. The maximum absolute atomic E-state index is 2.47. The molecular weight excluding hydrogens is 172 g/mol. The van der Waals surface area contributed by atoms with Crippen LogP contribution in [0.15, 0.2) is 0 Å². The van der Waals surface area contributed by atoms with E-state index in [-0.39, 0.29) is 0 Å². The Morgan fingerprint density at radius 1 is 0.786 bits per heavy atom.